The fraction of sp³-hybridized carbons (Fsp3) is 0.426. The van der Waals surface area contributed by atoms with Crippen LogP contribution in [0.5, 0.6) is 0 Å². The molecule has 33 nitrogen and oxygen atoms in total. The zero-order valence-electron chi connectivity index (χ0n) is 82.3. The van der Waals surface area contributed by atoms with Gasteiger partial charge in [0.2, 0.25) is 0 Å². The number of rotatable bonds is 25. The van der Waals surface area contributed by atoms with E-state index < -0.39 is 94.1 Å². The number of carboxylic acid groups (broad SMARTS) is 4. The SMILES string of the molecule is CCn1cc(-c2nc(-c3c[nH]c4ncc(F)cc34)nc(CC3C4CCC(CC4)C3C(=O)O)c2F)cn1.CN(C)Cc1cc(-c2nc(-c3c[nH]c4ncc(F)cc34)nc(CC3C4CCC(CC4)C3C(=O)O)c2F)cs1.CN1CC(n2cc(-c3nc(-c4c[nH]c5ncc(F)cc45)nc(CC4C5CCC(CC5)C4C(=O)O)c3F)cn2)C1.[C-]#[N+]Cn1cc(-c2nc(-c3c[nH]c4ncc(F)cc34)nc(CC3C4CCC(CC4)C3C(=O)O)c2F)cn1. The number of halogens is 8. The molecule has 42 heteroatoms. The molecule has 0 radical (unpaired) electrons. The van der Waals surface area contributed by atoms with E-state index >= 15 is 17.6 Å². The second-order valence-electron chi connectivity index (χ2n) is 42.0. The summed E-state index contributed by atoms with van der Waals surface area (Å²) in [5.41, 5.74) is 7.01. The maximum Gasteiger partial charge on any atom is 0.307 e. The lowest BCUT2D eigenvalue weighted by molar-refractivity contribution is -0.153. The number of likely N-dealkylation sites (tertiary alicyclic amines) is 1. The standard InChI is InChI=1S/C28H29F2N7O2.C28H29F2N5O2S.C26H23F2N7O2.C26H26F2N6O2/c1-36-12-18(13-36)37-11-16(8-33-37)25-24(30)22(7-19-14-2-4-15(5-3-14)23(19)28(38)39)34-27(35-25)21-10-32-26-20(21)6-17(29)9-31-26;1-35(2)12-18-7-16(13-38-18)25-24(30)22(9-19-14-3-5-15(6-4-14)23(19)28(36)37)33-27(34-25)21-11-32-26-20(21)8-17(29)10-31-26;1-29-12-35-11-15(8-32-35)23-22(28)20(7-17-13-2-4-14(5-3-13)21(17)26(36)37)33-25(34-23)19-10-31-24-18(19)6-16(27)9-30-24;1-2-34-12-15(9-31-34)23-22(28)20(8-17-13-3-5-14(6-4-13)21(17)26(35)36)32-25(33-23)19-11-30-24-18(19)7-16(27)10-29-24/h6,8-11,14-15,18-19,23H,2-5,7,12-13H2,1H3,(H,31,32)(H,38,39);7-8,10-11,13-15,19,23H,3-6,9,12H2,1-2H3,(H,31,32)(H,36,37);6,8-11,13-14,17,21H,2-5,7,12H2,(H,30,31)(H,36,37);7,9-14,17,21H,2-6,8H2,1H3,(H,29,30)(H,35,36). The number of H-pyrrole nitrogens is 4. The first-order valence-corrected chi connectivity index (χ1v) is 51.9. The minimum Gasteiger partial charge on any atom is -0.481 e. The Balaban J connectivity index is 0.000000113. The molecule has 29 rings (SSSR count). The van der Waals surface area contributed by atoms with Gasteiger partial charge < -0.3 is 50.2 Å². The molecule has 8 atom stereocenters. The van der Waals surface area contributed by atoms with Crippen LogP contribution in [0.4, 0.5) is 35.1 Å². The van der Waals surface area contributed by atoms with Gasteiger partial charge in [-0.25, -0.2) is 106 Å². The molecule has 16 aromatic rings. The van der Waals surface area contributed by atoms with Crippen LogP contribution >= 0.6 is 11.3 Å². The first kappa shape index (κ1) is 99.7. The summed E-state index contributed by atoms with van der Waals surface area (Å²) >= 11 is 1.53. The molecule has 1 aliphatic heterocycles. The Labute approximate surface area is 857 Å². The van der Waals surface area contributed by atoms with Crippen LogP contribution in [0.2, 0.25) is 0 Å². The molecule has 13 fully saturated rings. The summed E-state index contributed by atoms with van der Waals surface area (Å²) in [5.74, 6) is -8.18. The van der Waals surface area contributed by atoms with Gasteiger partial charge in [0.15, 0.2) is 46.6 Å². The molecule has 13 aliphatic rings. The van der Waals surface area contributed by atoms with Gasteiger partial charge in [0.1, 0.15) is 68.6 Å². The summed E-state index contributed by atoms with van der Waals surface area (Å²) in [5, 5.41) is 56.8. The fourth-order valence-corrected chi connectivity index (χ4v) is 27.0. The number of nitrogens with zero attached hydrogens (tertiary/aromatic N) is 21. The highest BCUT2D eigenvalue weighted by Crippen LogP contribution is 2.56. The van der Waals surface area contributed by atoms with Crippen molar-refractivity contribution in [1.29, 1.82) is 0 Å². The number of aliphatic carboxylic acids is 4. The van der Waals surface area contributed by atoms with Crippen molar-refractivity contribution in [2.24, 2.45) is 94.7 Å². The molecule has 1 saturated heterocycles. The molecule has 8 N–H and O–H groups in total. The van der Waals surface area contributed by atoms with Gasteiger partial charge in [-0.3, -0.25) is 33.4 Å². The molecule has 12 saturated carbocycles. The second-order valence-corrected chi connectivity index (χ2v) is 43.0. The molecule has 16 aromatic heterocycles. The normalized spacial score (nSPS) is 23.7. The summed E-state index contributed by atoms with van der Waals surface area (Å²) in [6.07, 6.45) is 36.4. The van der Waals surface area contributed by atoms with Gasteiger partial charge in [-0.2, -0.15) is 15.3 Å². The highest BCUT2D eigenvalue weighted by atomic mass is 32.1. The van der Waals surface area contributed by atoms with Crippen LogP contribution in [0.3, 0.4) is 0 Å². The lowest BCUT2D eigenvalue weighted by Gasteiger charge is -2.46. The Morgan fingerprint density at radius 1 is 0.400 bits per heavy atom. The lowest BCUT2D eigenvalue weighted by atomic mass is 9.57. The predicted octanol–water partition coefficient (Wildman–Crippen LogP) is 19.7. The van der Waals surface area contributed by atoms with E-state index in [1.807, 2.05) is 49.1 Å². The average molecular weight is 2070 g/mol. The van der Waals surface area contributed by atoms with E-state index in [1.54, 1.807) is 54.3 Å². The third-order valence-corrected chi connectivity index (χ3v) is 34.0. The molecular weight excluding hydrogens is 1960 g/mol. The molecular formula is C108H107F8N25O8S. The van der Waals surface area contributed by atoms with Gasteiger partial charge in [0, 0.05) is 146 Å². The Hall–Kier alpha value is -14.9. The number of fused-ring (bicyclic) bond motifs is 16. The molecule has 0 amide bonds. The van der Waals surface area contributed by atoms with Crippen LogP contribution in [0.25, 0.3) is 140 Å². The number of hydrogen-bond acceptors (Lipinski definition) is 22. The summed E-state index contributed by atoms with van der Waals surface area (Å²) in [6, 6.07) is 7.52. The smallest absolute Gasteiger partial charge is 0.307 e. The van der Waals surface area contributed by atoms with Gasteiger partial charge >= 0.3 is 30.5 Å². The maximum absolute atomic E-state index is 16.3. The van der Waals surface area contributed by atoms with Gasteiger partial charge in [-0.1, -0.05) is 0 Å². The molecule has 8 unspecified atom stereocenters. The minimum absolute atomic E-state index is 0.00258. The molecule has 17 heterocycles. The number of aryl methyl sites for hydroxylation is 1. The Morgan fingerprint density at radius 3 is 0.987 bits per heavy atom. The van der Waals surface area contributed by atoms with E-state index in [2.05, 4.69) is 105 Å². The number of pyridine rings is 4. The fourth-order valence-electron chi connectivity index (χ4n) is 26.0. The number of nitrogens with one attached hydrogen (secondary N) is 4. The lowest BCUT2D eigenvalue weighted by Crippen LogP contribution is -2.45. The zero-order valence-corrected chi connectivity index (χ0v) is 83.1. The average Bonchev–Trinajstić information content (AvgIpc) is 1.12. The summed E-state index contributed by atoms with van der Waals surface area (Å²) in [7, 11) is 5.98. The quantitative estimate of drug-likeness (QED) is 0.0195. The topological polar surface area (TPSA) is 431 Å². The highest BCUT2D eigenvalue weighted by Gasteiger charge is 2.53. The van der Waals surface area contributed by atoms with Gasteiger partial charge in [-0.05, 0) is 258 Å². The number of likely N-dealkylation sites (N-methyl/N-ethyl adjacent to an activating group) is 1. The largest absolute Gasteiger partial charge is 0.481 e. The number of hydrogen-bond donors (Lipinski definition) is 8. The van der Waals surface area contributed by atoms with Crippen LogP contribution < -0.4 is 0 Å². The van der Waals surface area contributed by atoms with E-state index in [1.165, 1.54) is 52.7 Å². The summed E-state index contributed by atoms with van der Waals surface area (Å²) in [4.78, 5) is 123. The molecule has 8 bridgehead atoms. The van der Waals surface area contributed by atoms with E-state index in [4.69, 9.17) is 6.57 Å². The molecule has 774 valence electrons. The van der Waals surface area contributed by atoms with Crippen molar-refractivity contribution in [3.05, 3.63) is 208 Å². The van der Waals surface area contributed by atoms with Crippen molar-refractivity contribution in [2.45, 2.75) is 161 Å². The number of thiophene rings is 1. The Morgan fingerprint density at radius 2 is 0.693 bits per heavy atom. The Bertz CT molecular complexity index is 7910. The van der Waals surface area contributed by atoms with E-state index in [0.717, 1.165) is 152 Å². The monoisotopic (exact) mass is 2070 g/mol. The predicted molar refractivity (Wildman–Crippen MR) is 536 cm³/mol. The van der Waals surface area contributed by atoms with Crippen LogP contribution in [0.15, 0.2) is 122 Å². The maximum atomic E-state index is 16.3. The van der Waals surface area contributed by atoms with Crippen LogP contribution in [-0.4, -0.2) is 197 Å². The molecule has 150 heavy (non-hydrogen) atoms. The number of aromatic nitrogens is 22. The third kappa shape index (κ3) is 19.4. The van der Waals surface area contributed by atoms with Crippen molar-refractivity contribution < 1.29 is 74.7 Å². The van der Waals surface area contributed by atoms with Gasteiger partial charge in [-0.15, -0.1) is 11.3 Å². The van der Waals surface area contributed by atoms with E-state index in [-0.39, 0.29) is 178 Å². The van der Waals surface area contributed by atoms with Crippen LogP contribution in [0, 0.1) is 148 Å². The van der Waals surface area contributed by atoms with Crippen LogP contribution in [0.1, 0.15) is 143 Å². The van der Waals surface area contributed by atoms with Crippen molar-refractivity contribution in [3.8, 4) is 90.6 Å². The molecule has 0 aromatic carbocycles. The summed E-state index contributed by atoms with van der Waals surface area (Å²) < 4.78 is 126. The van der Waals surface area contributed by atoms with Gasteiger partial charge in [0.25, 0.3) is 0 Å². The van der Waals surface area contributed by atoms with E-state index in [0.29, 0.717) is 95.2 Å². The van der Waals surface area contributed by atoms with E-state index in [9.17, 15) is 57.2 Å². The minimum atomic E-state index is -0.840. The first-order chi connectivity index (χ1) is 72.5. The van der Waals surface area contributed by atoms with Crippen molar-refractivity contribution in [3.63, 3.8) is 0 Å². The highest BCUT2D eigenvalue weighted by molar-refractivity contribution is 7.10. The zero-order chi connectivity index (χ0) is 104. The van der Waals surface area contributed by atoms with Crippen molar-refractivity contribution in [2.75, 3.05) is 34.2 Å². The third-order valence-electron chi connectivity index (χ3n) is 33.1. The number of aromatic amines is 4. The molecule has 12 aliphatic carbocycles. The second kappa shape index (κ2) is 41.2. The van der Waals surface area contributed by atoms with Crippen molar-refractivity contribution in [1.82, 2.24) is 119 Å². The van der Waals surface area contributed by atoms with Crippen molar-refractivity contribution >= 4 is 79.3 Å². The first-order valence-electron chi connectivity index (χ1n) is 51.0. The van der Waals surface area contributed by atoms with Gasteiger partial charge in [0.05, 0.1) is 95.9 Å². The number of carboxylic acids is 4. The molecule has 0 spiro atoms. The Kier molecular flexibility index (Phi) is 27.4. The number of carbonyl (C=O) groups is 4. The summed E-state index contributed by atoms with van der Waals surface area (Å²) in [6.45, 7) is 12.0. The van der Waals surface area contributed by atoms with Crippen LogP contribution in [-0.2, 0) is 64.6 Å².